The summed E-state index contributed by atoms with van der Waals surface area (Å²) in [6, 6.07) is 5.39. The van der Waals surface area contributed by atoms with Gasteiger partial charge >= 0.3 is 0 Å². The number of carbonyl (C=O) groups is 1. The van der Waals surface area contributed by atoms with Gasteiger partial charge in [-0.25, -0.2) is 4.98 Å². The third-order valence-corrected chi connectivity index (χ3v) is 4.82. The van der Waals surface area contributed by atoms with Crippen molar-refractivity contribution in [2.24, 2.45) is 0 Å². The molecule has 1 fully saturated rings. The van der Waals surface area contributed by atoms with Crippen molar-refractivity contribution in [1.29, 1.82) is 0 Å². The lowest BCUT2D eigenvalue weighted by Gasteiger charge is -2.34. The lowest BCUT2D eigenvalue weighted by atomic mass is 10.2. The van der Waals surface area contributed by atoms with Crippen LogP contribution in [-0.2, 0) is 6.54 Å². The third-order valence-electron chi connectivity index (χ3n) is 4.82. The molecule has 1 N–H and O–H groups in total. The molecule has 1 aliphatic heterocycles. The second kappa shape index (κ2) is 7.17. The average molecular weight is 354 g/mol. The average Bonchev–Trinajstić information content (AvgIpc) is 3.41. The van der Waals surface area contributed by atoms with Gasteiger partial charge in [0.05, 0.1) is 6.26 Å². The molecule has 0 unspecified atom stereocenters. The zero-order valence-corrected chi connectivity index (χ0v) is 14.8. The van der Waals surface area contributed by atoms with Gasteiger partial charge in [-0.05, 0) is 19.1 Å². The van der Waals surface area contributed by atoms with Gasteiger partial charge in [-0.2, -0.15) is 5.10 Å². The van der Waals surface area contributed by atoms with E-state index in [-0.39, 0.29) is 5.91 Å². The highest BCUT2D eigenvalue weighted by Crippen LogP contribution is 2.19. The Labute approximate surface area is 151 Å². The van der Waals surface area contributed by atoms with Crippen molar-refractivity contribution >= 4 is 5.91 Å². The first kappa shape index (κ1) is 16.6. The van der Waals surface area contributed by atoms with Crippen molar-refractivity contribution in [3.63, 3.8) is 0 Å². The van der Waals surface area contributed by atoms with E-state index < -0.39 is 0 Å². The van der Waals surface area contributed by atoms with Crippen LogP contribution in [0.15, 0.2) is 41.3 Å². The van der Waals surface area contributed by atoms with E-state index in [4.69, 9.17) is 4.42 Å². The van der Waals surface area contributed by atoms with Crippen LogP contribution in [0.5, 0.6) is 0 Å². The lowest BCUT2D eigenvalue weighted by Crippen LogP contribution is -2.49. The molecule has 0 radical (unpaired) electrons. The fourth-order valence-corrected chi connectivity index (χ4v) is 3.22. The van der Waals surface area contributed by atoms with Crippen LogP contribution in [-0.4, -0.2) is 68.2 Å². The predicted octanol–water partition coefficient (Wildman–Crippen LogP) is 1.63. The van der Waals surface area contributed by atoms with Crippen molar-refractivity contribution in [3.05, 3.63) is 48.4 Å². The Kier molecular flexibility index (Phi) is 4.57. The number of H-pyrrole nitrogens is 1. The van der Waals surface area contributed by atoms with Crippen LogP contribution in [0.1, 0.15) is 16.3 Å². The maximum Gasteiger partial charge on any atom is 0.274 e. The van der Waals surface area contributed by atoms with Crippen LogP contribution in [0.3, 0.4) is 0 Å². The number of hydrogen-bond donors (Lipinski definition) is 1. The third kappa shape index (κ3) is 3.41. The molecule has 1 amide bonds. The molecular weight excluding hydrogens is 332 g/mol. The van der Waals surface area contributed by atoms with E-state index in [2.05, 4.69) is 24.6 Å². The Bertz CT molecular complexity index is 858. The van der Waals surface area contributed by atoms with Crippen molar-refractivity contribution in [2.75, 3.05) is 32.7 Å². The van der Waals surface area contributed by atoms with Crippen molar-refractivity contribution < 1.29 is 9.21 Å². The summed E-state index contributed by atoms with van der Waals surface area (Å²) in [5.41, 5.74) is 1.14. The van der Waals surface area contributed by atoms with Crippen LogP contribution >= 0.6 is 0 Å². The number of nitrogens with zero attached hydrogens (tertiary/aromatic N) is 5. The highest BCUT2D eigenvalue weighted by molar-refractivity contribution is 5.93. The van der Waals surface area contributed by atoms with Crippen molar-refractivity contribution in [1.82, 2.24) is 29.5 Å². The standard InChI is InChI=1S/C18H22N6O2/c1-14-19-4-5-23(14)9-6-22-7-10-24(11-8-22)18(25)16-13-15(20-21-16)17-3-2-12-26-17/h2-5,12-13H,6-11H2,1H3,(H,20,21). The first-order chi connectivity index (χ1) is 12.7. The minimum Gasteiger partial charge on any atom is -0.463 e. The smallest absolute Gasteiger partial charge is 0.274 e. The van der Waals surface area contributed by atoms with E-state index in [0.717, 1.165) is 32.0 Å². The molecule has 8 heteroatoms. The number of aromatic amines is 1. The fraction of sp³-hybridized carbons (Fsp3) is 0.389. The fourth-order valence-electron chi connectivity index (χ4n) is 3.22. The van der Waals surface area contributed by atoms with Gasteiger partial charge < -0.3 is 13.9 Å². The lowest BCUT2D eigenvalue weighted by molar-refractivity contribution is 0.0627. The van der Waals surface area contributed by atoms with Crippen molar-refractivity contribution in [3.8, 4) is 11.5 Å². The summed E-state index contributed by atoms with van der Waals surface area (Å²) in [4.78, 5) is 21.1. The molecule has 0 atom stereocenters. The summed E-state index contributed by atoms with van der Waals surface area (Å²) in [5.74, 6) is 1.67. The number of piperazine rings is 1. The van der Waals surface area contributed by atoms with Gasteiger partial charge in [-0.15, -0.1) is 0 Å². The van der Waals surface area contributed by atoms with Crippen LogP contribution in [0.4, 0.5) is 0 Å². The number of nitrogens with one attached hydrogen (secondary N) is 1. The molecular formula is C18H22N6O2. The molecule has 3 aromatic rings. The highest BCUT2D eigenvalue weighted by Gasteiger charge is 2.24. The number of furan rings is 1. The molecule has 4 heterocycles. The van der Waals surface area contributed by atoms with Gasteiger partial charge in [0.25, 0.3) is 5.91 Å². The van der Waals surface area contributed by atoms with Gasteiger partial charge in [0, 0.05) is 57.7 Å². The minimum atomic E-state index is -0.0378. The zero-order valence-electron chi connectivity index (χ0n) is 14.8. The van der Waals surface area contributed by atoms with E-state index >= 15 is 0 Å². The molecule has 4 rings (SSSR count). The van der Waals surface area contributed by atoms with Crippen LogP contribution in [0.2, 0.25) is 0 Å². The van der Waals surface area contributed by atoms with E-state index in [1.54, 1.807) is 12.3 Å². The molecule has 0 aromatic carbocycles. The van der Waals surface area contributed by atoms with E-state index in [0.29, 0.717) is 30.2 Å². The Morgan fingerprint density at radius 1 is 1.27 bits per heavy atom. The second-order valence-electron chi connectivity index (χ2n) is 6.45. The van der Waals surface area contributed by atoms with E-state index in [1.165, 1.54) is 0 Å². The number of imidazole rings is 1. The molecule has 0 spiro atoms. The zero-order chi connectivity index (χ0) is 17.9. The highest BCUT2D eigenvalue weighted by atomic mass is 16.3. The molecule has 26 heavy (non-hydrogen) atoms. The second-order valence-corrected chi connectivity index (χ2v) is 6.45. The number of rotatable bonds is 5. The molecule has 1 saturated heterocycles. The van der Waals surface area contributed by atoms with Crippen LogP contribution in [0.25, 0.3) is 11.5 Å². The van der Waals surface area contributed by atoms with Gasteiger partial charge in [-0.3, -0.25) is 14.8 Å². The van der Waals surface area contributed by atoms with Gasteiger partial charge in [0.15, 0.2) is 11.5 Å². The first-order valence-electron chi connectivity index (χ1n) is 8.79. The largest absolute Gasteiger partial charge is 0.463 e. The molecule has 0 bridgehead atoms. The maximum absolute atomic E-state index is 12.7. The molecule has 3 aromatic heterocycles. The summed E-state index contributed by atoms with van der Waals surface area (Å²) < 4.78 is 7.48. The number of aryl methyl sites for hydroxylation is 1. The molecule has 0 aliphatic carbocycles. The molecule has 0 saturated carbocycles. The summed E-state index contributed by atoms with van der Waals surface area (Å²) >= 11 is 0. The quantitative estimate of drug-likeness (QED) is 0.753. The predicted molar refractivity (Wildman–Crippen MR) is 95.6 cm³/mol. The Morgan fingerprint density at radius 2 is 2.12 bits per heavy atom. The Balaban J connectivity index is 1.30. The van der Waals surface area contributed by atoms with Crippen LogP contribution in [0, 0.1) is 6.92 Å². The van der Waals surface area contributed by atoms with Gasteiger partial charge in [0.1, 0.15) is 11.5 Å². The molecule has 136 valence electrons. The summed E-state index contributed by atoms with van der Waals surface area (Å²) in [6.45, 7) is 7.06. The monoisotopic (exact) mass is 354 g/mol. The summed E-state index contributed by atoms with van der Waals surface area (Å²) in [5, 5.41) is 7.01. The first-order valence-corrected chi connectivity index (χ1v) is 8.79. The normalized spacial score (nSPS) is 15.5. The number of aromatic nitrogens is 4. The summed E-state index contributed by atoms with van der Waals surface area (Å²) in [6.07, 6.45) is 5.43. The Morgan fingerprint density at radius 3 is 2.81 bits per heavy atom. The van der Waals surface area contributed by atoms with E-state index in [9.17, 15) is 4.79 Å². The summed E-state index contributed by atoms with van der Waals surface area (Å²) in [7, 11) is 0. The van der Waals surface area contributed by atoms with Crippen LogP contribution < -0.4 is 0 Å². The topological polar surface area (TPSA) is 83.2 Å². The van der Waals surface area contributed by atoms with E-state index in [1.807, 2.05) is 36.4 Å². The number of hydrogen-bond acceptors (Lipinski definition) is 5. The molecule has 1 aliphatic rings. The van der Waals surface area contributed by atoms with Gasteiger partial charge in [-0.1, -0.05) is 0 Å². The molecule has 8 nitrogen and oxygen atoms in total. The maximum atomic E-state index is 12.7. The number of amides is 1. The Hall–Kier alpha value is -2.87. The van der Waals surface area contributed by atoms with Crippen molar-refractivity contribution in [2.45, 2.75) is 13.5 Å². The van der Waals surface area contributed by atoms with Gasteiger partial charge in [0.2, 0.25) is 0 Å². The number of carbonyl (C=O) groups excluding carboxylic acids is 1. The SMILES string of the molecule is Cc1nccn1CCN1CCN(C(=O)c2cc(-c3ccco3)[nH]n2)CC1. The minimum absolute atomic E-state index is 0.0378.